The summed E-state index contributed by atoms with van der Waals surface area (Å²) in [7, 11) is 3.12. The van der Waals surface area contributed by atoms with Crippen LogP contribution in [0.5, 0.6) is 23.0 Å². The Kier molecular flexibility index (Phi) is 7.18. The van der Waals surface area contributed by atoms with E-state index < -0.39 is 0 Å². The highest BCUT2D eigenvalue weighted by atomic mass is 16.5. The fourth-order valence-electron chi connectivity index (χ4n) is 3.72. The molecule has 1 N–H and O–H groups in total. The maximum Gasteiger partial charge on any atom is 0.255 e. The van der Waals surface area contributed by atoms with Gasteiger partial charge in [-0.2, -0.15) is 0 Å². The number of amides is 1. The highest BCUT2D eigenvalue weighted by molar-refractivity contribution is 6.04. The van der Waals surface area contributed by atoms with Crippen LogP contribution in [0.1, 0.15) is 22.8 Å². The molecule has 0 aromatic heterocycles. The van der Waals surface area contributed by atoms with Crippen molar-refractivity contribution < 1.29 is 23.7 Å². The zero-order valence-corrected chi connectivity index (χ0v) is 19.5. The van der Waals surface area contributed by atoms with E-state index >= 15 is 0 Å². The first-order valence-corrected chi connectivity index (χ1v) is 11.0. The number of anilines is 1. The van der Waals surface area contributed by atoms with Crippen LogP contribution < -0.4 is 24.3 Å². The number of benzene rings is 4. The molecule has 0 saturated heterocycles. The predicted octanol–water partition coefficient (Wildman–Crippen LogP) is 6.09. The van der Waals surface area contributed by atoms with E-state index in [-0.39, 0.29) is 12.5 Å². The number of hydrogen-bond donors (Lipinski definition) is 1. The number of hydrogen-bond acceptors (Lipinski definition) is 5. The van der Waals surface area contributed by atoms with Gasteiger partial charge in [0.2, 0.25) is 0 Å². The minimum Gasteiger partial charge on any atom is -0.493 e. The summed E-state index contributed by atoms with van der Waals surface area (Å²) in [5, 5.41) is 5.04. The van der Waals surface area contributed by atoms with Gasteiger partial charge in [-0.05, 0) is 48.7 Å². The molecule has 0 bridgehead atoms. The Labute approximate surface area is 199 Å². The fraction of sp³-hybridized carbons (Fsp3) is 0.179. The Balaban J connectivity index is 1.56. The van der Waals surface area contributed by atoms with Gasteiger partial charge in [-0.25, -0.2) is 0 Å². The molecule has 4 aromatic rings. The number of fused-ring (bicyclic) bond motifs is 1. The van der Waals surface area contributed by atoms with Crippen LogP contribution in [-0.2, 0) is 6.61 Å². The second-order valence-corrected chi connectivity index (χ2v) is 7.55. The van der Waals surface area contributed by atoms with Crippen molar-refractivity contribution in [3.63, 3.8) is 0 Å². The molecule has 0 spiro atoms. The maximum absolute atomic E-state index is 13.0. The van der Waals surface area contributed by atoms with Gasteiger partial charge in [0.1, 0.15) is 18.1 Å². The van der Waals surface area contributed by atoms with Crippen molar-refractivity contribution in [3.05, 3.63) is 90.0 Å². The van der Waals surface area contributed by atoms with E-state index in [1.807, 2.05) is 49.4 Å². The lowest BCUT2D eigenvalue weighted by molar-refractivity contribution is 0.102. The Morgan fingerprint density at radius 1 is 0.765 bits per heavy atom. The summed E-state index contributed by atoms with van der Waals surface area (Å²) in [6.45, 7) is 2.70. The molecule has 4 rings (SSSR count). The Hall–Kier alpha value is -4.19. The van der Waals surface area contributed by atoms with Crippen LogP contribution in [0.3, 0.4) is 0 Å². The van der Waals surface area contributed by atoms with Gasteiger partial charge < -0.3 is 24.3 Å². The number of carbonyl (C=O) groups excluding carboxylic acids is 1. The van der Waals surface area contributed by atoms with Crippen LogP contribution >= 0.6 is 0 Å². The van der Waals surface area contributed by atoms with Crippen LogP contribution in [0.4, 0.5) is 5.69 Å². The Bertz CT molecular complexity index is 1300. The molecule has 0 atom stereocenters. The molecule has 0 fully saturated rings. The molecule has 34 heavy (non-hydrogen) atoms. The summed E-state index contributed by atoms with van der Waals surface area (Å²) >= 11 is 0. The first kappa shape index (κ1) is 23.0. The van der Waals surface area contributed by atoms with Crippen molar-refractivity contribution in [1.29, 1.82) is 0 Å². The molecular formula is C28H27NO5. The van der Waals surface area contributed by atoms with Gasteiger partial charge >= 0.3 is 0 Å². The molecule has 6 nitrogen and oxygen atoms in total. The zero-order chi connectivity index (χ0) is 23.9. The summed E-state index contributed by atoms with van der Waals surface area (Å²) in [5.41, 5.74) is 1.88. The van der Waals surface area contributed by atoms with Crippen molar-refractivity contribution in [2.24, 2.45) is 0 Å². The molecule has 0 saturated carbocycles. The molecule has 0 aliphatic rings. The second kappa shape index (κ2) is 10.6. The molecule has 1 amide bonds. The molecular weight excluding hydrogens is 430 g/mol. The van der Waals surface area contributed by atoms with Gasteiger partial charge in [-0.3, -0.25) is 4.79 Å². The average molecular weight is 458 g/mol. The third-order valence-corrected chi connectivity index (χ3v) is 5.40. The third kappa shape index (κ3) is 5.07. The Morgan fingerprint density at radius 3 is 2.32 bits per heavy atom. The first-order valence-electron chi connectivity index (χ1n) is 11.0. The highest BCUT2D eigenvalue weighted by Crippen LogP contribution is 2.31. The van der Waals surface area contributed by atoms with Gasteiger partial charge in [0.15, 0.2) is 11.5 Å². The van der Waals surface area contributed by atoms with E-state index in [0.717, 1.165) is 22.1 Å². The smallest absolute Gasteiger partial charge is 0.255 e. The largest absolute Gasteiger partial charge is 0.493 e. The van der Waals surface area contributed by atoms with Gasteiger partial charge in [0.25, 0.3) is 5.91 Å². The van der Waals surface area contributed by atoms with E-state index in [1.165, 1.54) is 0 Å². The number of rotatable bonds is 9. The van der Waals surface area contributed by atoms with Crippen LogP contribution in [0, 0.1) is 0 Å². The lowest BCUT2D eigenvalue weighted by atomic mass is 10.1. The van der Waals surface area contributed by atoms with Crippen molar-refractivity contribution in [1.82, 2.24) is 0 Å². The van der Waals surface area contributed by atoms with Gasteiger partial charge in [0, 0.05) is 28.3 Å². The second-order valence-electron chi connectivity index (χ2n) is 7.55. The number of ether oxygens (including phenoxy) is 4. The molecule has 0 aliphatic carbocycles. The predicted molar refractivity (Wildman–Crippen MR) is 133 cm³/mol. The summed E-state index contributed by atoms with van der Waals surface area (Å²) in [6, 6.07) is 24.6. The molecule has 4 aromatic carbocycles. The Morgan fingerprint density at radius 2 is 1.53 bits per heavy atom. The number of methoxy groups -OCH3 is 2. The maximum atomic E-state index is 13.0. The minimum absolute atomic E-state index is 0.248. The van der Waals surface area contributed by atoms with E-state index in [4.69, 9.17) is 18.9 Å². The van der Waals surface area contributed by atoms with Crippen molar-refractivity contribution >= 4 is 22.4 Å². The number of carbonyl (C=O) groups is 1. The standard InChI is InChI=1S/C28H27NO5/c1-4-33-24-14-12-20(28(30)29-22-13-15-26(31-2)27(17-22)32-3)16-21(24)18-34-25-11-7-9-19-8-5-6-10-23(19)25/h5-17H,4,18H2,1-3H3,(H,29,30). The summed E-state index contributed by atoms with van der Waals surface area (Å²) in [4.78, 5) is 13.0. The highest BCUT2D eigenvalue weighted by Gasteiger charge is 2.14. The fourth-order valence-corrected chi connectivity index (χ4v) is 3.72. The van der Waals surface area contributed by atoms with Crippen molar-refractivity contribution in [3.8, 4) is 23.0 Å². The lowest BCUT2D eigenvalue weighted by Gasteiger charge is -2.15. The van der Waals surface area contributed by atoms with Crippen molar-refractivity contribution in [2.75, 3.05) is 26.1 Å². The summed E-state index contributed by atoms with van der Waals surface area (Å²) in [6.07, 6.45) is 0. The monoisotopic (exact) mass is 457 g/mol. The van der Waals surface area contributed by atoms with E-state index in [9.17, 15) is 4.79 Å². The summed E-state index contributed by atoms with van der Waals surface area (Å²) < 4.78 is 22.5. The summed E-state index contributed by atoms with van der Waals surface area (Å²) in [5.74, 6) is 2.35. The molecule has 0 aliphatic heterocycles. The van der Waals surface area contributed by atoms with Crippen LogP contribution in [0.2, 0.25) is 0 Å². The van der Waals surface area contributed by atoms with E-state index in [1.54, 1.807) is 50.6 Å². The lowest BCUT2D eigenvalue weighted by Crippen LogP contribution is -2.13. The zero-order valence-electron chi connectivity index (χ0n) is 19.5. The van der Waals surface area contributed by atoms with E-state index in [2.05, 4.69) is 5.32 Å². The topological polar surface area (TPSA) is 66.0 Å². The molecule has 6 heteroatoms. The van der Waals surface area contributed by atoms with Crippen LogP contribution in [0.15, 0.2) is 78.9 Å². The molecule has 0 unspecified atom stereocenters. The van der Waals surface area contributed by atoms with Crippen molar-refractivity contribution in [2.45, 2.75) is 13.5 Å². The number of nitrogens with one attached hydrogen (secondary N) is 1. The first-order chi connectivity index (χ1) is 16.6. The quantitative estimate of drug-likeness (QED) is 0.330. The average Bonchev–Trinajstić information content (AvgIpc) is 2.88. The molecule has 0 radical (unpaired) electrons. The van der Waals surface area contributed by atoms with Gasteiger partial charge in [-0.15, -0.1) is 0 Å². The third-order valence-electron chi connectivity index (χ3n) is 5.40. The minimum atomic E-state index is -0.248. The van der Waals surface area contributed by atoms with Crippen LogP contribution in [-0.4, -0.2) is 26.7 Å². The molecule has 174 valence electrons. The van der Waals surface area contributed by atoms with Gasteiger partial charge in [0.05, 0.1) is 20.8 Å². The van der Waals surface area contributed by atoms with E-state index in [0.29, 0.717) is 35.1 Å². The van der Waals surface area contributed by atoms with Gasteiger partial charge in [-0.1, -0.05) is 36.4 Å². The molecule has 0 heterocycles. The normalized spacial score (nSPS) is 10.6. The SMILES string of the molecule is CCOc1ccc(C(=O)Nc2ccc(OC)c(OC)c2)cc1COc1cccc2ccccc12. The van der Waals surface area contributed by atoms with Crippen LogP contribution in [0.25, 0.3) is 10.8 Å².